The number of hydrogen-bond donors (Lipinski definition) is 1. The number of hydrogen-bond acceptors (Lipinski definition) is 7. The van der Waals surface area contributed by atoms with Gasteiger partial charge in [0.1, 0.15) is 11.8 Å². The van der Waals surface area contributed by atoms with Crippen LogP contribution in [-0.2, 0) is 19.1 Å². The van der Waals surface area contributed by atoms with E-state index < -0.39 is 34.6 Å². The number of thioether (sulfide) groups is 1. The third-order valence-corrected chi connectivity index (χ3v) is 11.3. The summed E-state index contributed by atoms with van der Waals surface area (Å²) in [6.45, 7) is 11.5. The number of alkyl halides is 1. The van der Waals surface area contributed by atoms with Crippen LogP contribution in [0, 0.1) is 17.8 Å². The van der Waals surface area contributed by atoms with Crippen molar-refractivity contribution in [3.05, 3.63) is 49.6 Å². The van der Waals surface area contributed by atoms with E-state index in [4.69, 9.17) is 9.47 Å². The Morgan fingerprint density at radius 3 is 2.54 bits per heavy atom. The van der Waals surface area contributed by atoms with Gasteiger partial charge < -0.3 is 24.4 Å². The molecule has 3 saturated heterocycles. The number of fused-ring (bicyclic) bond motifs is 1. The summed E-state index contributed by atoms with van der Waals surface area (Å²) in [5.74, 6) is -1.82. The number of methoxy groups -OCH3 is 1. The number of aliphatic hydroxyl groups is 1. The fourth-order valence-electron chi connectivity index (χ4n) is 6.29. The highest BCUT2D eigenvalue weighted by Gasteiger charge is 2.76. The van der Waals surface area contributed by atoms with E-state index in [-0.39, 0.29) is 47.6 Å². The number of rotatable bonds is 12. The second-order valence-electron chi connectivity index (χ2n) is 10.6. The molecule has 1 spiro atoms. The smallest absolute Gasteiger partial charge is 0.310 e. The normalized spacial score (nSPS) is 29.7. The van der Waals surface area contributed by atoms with Crippen molar-refractivity contribution in [3.8, 4) is 5.75 Å². The van der Waals surface area contributed by atoms with E-state index in [9.17, 15) is 19.5 Å². The van der Waals surface area contributed by atoms with Gasteiger partial charge in [0.15, 0.2) is 0 Å². The number of nitrogens with zero attached hydrogens (tertiary/aromatic N) is 2. The highest BCUT2D eigenvalue weighted by molar-refractivity contribution is 9.09. The first-order chi connectivity index (χ1) is 18.7. The van der Waals surface area contributed by atoms with Crippen LogP contribution in [0.4, 0.5) is 5.69 Å². The quantitative estimate of drug-likeness (QED) is 0.164. The fraction of sp³-hybridized carbons (Fsp3) is 0.552. The summed E-state index contributed by atoms with van der Waals surface area (Å²) in [5, 5.41) is 10.2. The number of esters is 1. The molecule has 3 fully saturated rings. The number of anilines is 1. The van der Waals surface area contributed by atoms with E-state index in [0.29, 0.717) is 24.3 Å². The Labute approximate surface area is 242 Å². The second kappa shape index (κ2) is 12.1. The first kappa shape index (κ1) is 29.7. The minimum atomic E-state index is -0.877. The van der Waals surface area contributed by atoms with Gasteiger partial charge in [-0.1, -0.05) is 41.9 Å². The van der Waals surface area contributed by atoms with Gasteiger partial charge in [-0.2, -0.15) is 0 Å². The monoisotopic (exact) mass is 620 g/mol. The van der Waals surface area contributed by atoms with Crippen molar-refractivity contribution < 1.29 is 29.0 Å². The minimum absolute atomic E-state index is 0.0702. The predicted molar refractivity (Wildman–Crippen MR) is 156 cm³/mol. The summed E-state index contributed by atoms with van der Waals surface area (Å²) in [7, 11) is 1.58. The average Bonchev–Trinajstić information content (AvgIpc) is 3.51. The van der Waals surface area contributed by atoms with Gasteiger partial charge in [0.25, 0.3) is 5.91 Å². The molecule has 1 aromatic carbocycles. The summed E-state index contributed by atoms with van der Waals surface area (Å²) in [6, 6.07) is 5.70. The van der Waals surface area contributed by atoms with E-state index >= 15 is 0 Å². The van der Waals surface area contributed by atoms with Gasteiger partial charge in [-0.3, -0.25) is 14.4 Å². The molecule has 10 heteroatoms. The number of benzene rings is 1. The van der Waals surface area contributed by atoms with Gasteiger partial charge in [0, 0.05) is 22.3 Å². The molecule has 2 bridgehead atoms. The van der Waals surface area contributed by atoms with Crippen molar-refractivity contribution in [1.82, 2.24) is 4.90 Å². The second-order valence-corrected chi connectivity index (χ2v) is 13.3. The molecule has 0 aromatic heterocycles. The zero-order valence-corrected chi connectivity index (χ0v) is 25.0. The van der Waals surface area contributed by atoms with Crippen LogP contribution in [0.5, 0.6) is 5.75 Å². The van der Waals surface area contributed by atoms with Crippen molar-refractivity contribution in [2.45, 2.75) is 53.6 Å². The summed E-state index contributed by atoms with van der Waals surface area (Å²) < 4.78 is 10.0. The molecule has 1 aromatic rings. The molecule has 0 saturated carbocycles. The molecular formula is C29H37BrN2O6S. The lowest BCUT2D eigenvalue weighted by Crippen LogP contribution is -2.59. The van der Waals surface area contributed by atoms with Crippen molar-refractivity contribution in [3.63, 3.8) is 0 Å². The lowest BCUT2D eigenvalue weighted by molar-refractivity contribution is -0.154. The van der Waals surface area contributed by atoms with E-state index in [1.165, 1.54) is 0 Å². The molecule has 39 heavy (non-hydrogen) atoms. The van der Waals surface area contributed by atoms with Crippen molar-refractivity contribution in [2.24, 2.45) is 17.8 Å². The summed E-state index contributed by atoms with van der Waals surface area (Å²) >= 11 is 5.31. The molecule has 1 N–H and O–H groups in total. The van der Waals surface area contributed by atoms with E-state index in [2.05, 4.69) is 29.1 Å². The first-order valence-electron chi connectivity index (χ1n) is 13.3. The van der Waals surface area contributed by atoms with E-state index in [0.717, 1.165) is 0 Å². The van der Waals surface area contributed by atoms with Crippen LogP contribution in [0.1, 0.15) is 26.7 Å². The Morgan fingerprint density at radius 2 is 1.97 bits per heavy atom. The maximum atomic E-state index is 14.6. The lowest BCUT2D eigenvalue weighted by atomic mass is 9.71. The molecular weight excluding hydrogens is 584 g/mol. The number of aliphatic hydroxyl groups excluding tert-OH is 1. The van der Waals surface area contributed by atoms with Crippen LogP contribution in [0.15, 0.2) is 49.6 Å². The minimum Gasteiger partial charge on any atom is -0.497 e. The topological polar surface area (TPSA) is 96.4 Å². The number of amides is 2. The Hall–Kier alpha value is -2.30. The standard InChI is InChI=1S/C29H37BrN2O6S/c1-6-8-14-38-28(36)22-23-26(34)32(21(16-33)17(3)4)25(29(23)15-20(30)24(22)39-29)27(35)31(13-7-2)18-9-11-19(37-5)12-10-18/h6-7,9-12,17,20-25,33H,1-2,8,13-16H2,3-5H3/t20?,21-,22-,23-,24-,25?,29?/m0/s1. The van der Waals surface area contributed by atoms with Crippen molar-refractivity contribution in [1.29, 1.82) is 0 Å². The third-order valence-electron chi connectivity index (χ3n) is 8.08. The Bertz CT molecular complexity index is 1110. The molecule has 8 nitrogen and oxygen atoms in total. The van der Waals surface area contributed by atoms with Gasteiger partial charge in [-0.15, -0.1) is 24.9 Å². The molecule has 7 atom stereocenters. The van der Waals surface area contributed by atoms with Crippen LogP contribution < -0.4 is 9.64 Å². The molecule has 3 aliphatic rings. The number of carbonyl (C=O) groups excluding carboxylic acids is 3. The molecule has 3 unspecified atom stereocenters. The van der Waals surface area contributed by atoms with Crippen LogP contribution in [0.2, 0.25) is 0 Å². The van der Waals surface area contributed by atoms with Crippen molar-refractivity contribution in [2.75, 3.05) is 31.8 Å². The maximum Gasteiger partial charge on any atom is 0.310 e. The first-order valence-corrected chi connectivity index (χ1v) is 15.0. The summed E-state index contributed by atoms with van der Waals surface area (Å²) in [6.07, 6.45) is 4.39. The van der Waals surface area contributed by atoms with Crippen LogP contribution >= 0.6 is 27.7 Å². The van der Waals surface area contributed by atoms with Crippen molar-refractivity contribution >= 4 is 51.2 Å². The van der Waals surface area contributed by atoms with Crippen LogP contribution in [-0.4, -0.2) is 81.6 Å². The summed E-state index contributed by atoms with van der Waals surface area (Å²) in [5.41, 5.74) is 0.645. The van der Waals surface area contributed by atoms with Crippen LogP contribution in [0.25, 0.3) is 0 Å². The zero-order chi connectivity index (χ0) is 28.5. The largest absolute Gasteiger partial charge is 0.497 e. The molecule has 2 amide bonds. The molecule has 3 heterocycles. The van der Waals surface area contributed by atoms with E-state index in [1.54, 1.807) is 65.1 Å². The Balaban J connectivity index is 1.80. The third kappa shape index (κ3) is 5.04. The number of likely N-dealkylation sites (tertiary alicyclic amines) is 1. The Kier molecular flexibility index (Phi) is 9.18. The number of halogens is 1. The molecule has 212 valence electrons. The molecule has 4 rings (SSSR count). The van der Waals surface area contributed by atoms with Gasteiger partial charge in [-0.05, 0) is 43.0 Å². The highest BCUT2D eigenvalue weighted by atomic mass is 79.9. The van der Waals surface area contributed by atoms with E-state index in [1.807, 2.05) is 13.8 Å². The Morgan fingerprint density at radius 1 is 1.28 bits per heavy atom. The SMILES string of the molecule is C=CCCOC(=O)[C@H]1[C@H]2C(=O)N([C@@H](CO)C(C)C)C(C(=O)N(CC=C)c3ccc(OC)cc3)C23CC(Br)[C@@H]1S3. The predicted octanol–water partition coefficient (Wildman–Crippen LogP) is 3.82. The maximum absolute atomic E-state index is 14.6. The summed E-state index contributed by atoms with van der Waals surface area (Å²) in [4.78, 5) is 45.4. The van der Waals surface area contributed by atoms with Gasteiger partial charge in [0.05, 0.1) is 42.9 Å². The van der Waals surface area contributed by atoms with Gasteiger partial charge in [0.2, 0.25) is 5.91 Å². The number of ether oxygens (including phenoxy) is 2. The van der Waals surface area contributed by atoms with Crippen LogP contribution in [0.3, 0.4) is 0 Å². The molecule has 0 radical (unpaired) electrons. The molecule has 0 aliphatic carbocycles. The number of carbonyl (C=O) groups is 3. The highest BCUT2D eigenvalue weighted by Crippen LogP contribution is 2.68. The fourth-order valence-corrected chi connectivity index (χ4v) is 9.88. The van der Waals surface area contributed by atoms with Gasteiger partial charge >= 0.3 is 5.97 Å². The zero-order valence-electron chi connectivity index (χ0n) is 22.6. The average molecular weight is 622 g/mol. The lowest BCUT2D eigenvalue weighted by Gasteiger charge is -2.40. The van der Waals surface area contributed by atoms with Gasteiger partial charge in [-0.25, -0.2) is 0 Å². The molecule has 3 aliphatic heterocycles.